The van der Waals surface area contributed by atoms with Gasteiger partial charge in [-0.3, -0.25) is 9.69 Å². The lowest BCUT2D eigenvalue weighted by atomic mass is 10.1. The summed E-state index contributed by atoms with van der Waals surface area (Å²) in [5.74, 6) is 0.223. The molecule has 2 saturated heterocycles. The number of nitrogens with one attached hydrogen (secondary N) is 1. The summed E-state index contributed by atoms with van der Waals surface area (Å²) in [4.78, 5) is 25.4. The third-order valence-corrected chi connectivity index (χ3v) is 6.27. The van der Waals surface area contributed by atoms with Gasteiger partial charge in [-0.05, 0) is 48.4 Å². The molecule has 182 valence electrons. The Labute approximate surface area is 195 Å². The third kappa shape index (κ3) is 5.58. The van der Waals surface area contributed by atoms with Crippen LogP contribution in [-0.2, 0) is 11.3 Å². The summed E-state index contributed by atoms with van der Waals surface area (Å²) in [6.45, 7) is 3.84. The van der Waals surface area contributed by atoms with Gasteiger partial charge < -0.3 is 19.7 Å². The molecule has 3 aliphatic rings. The molecular weight excluding hydrogens is 451 g/mol. The van der Waals surface area contributed by atoms with Crippen molar-refractivity contribution in [2.45, 2.75) is 44.1 Å². The molecule has 0 bridgehead atoms. The number of halogens is 3. The van der Waals surface area contributed by atoms with Crippen molar-refractivity contribution < 1.29 is 27.4 Å². The number of benzene rings is 1. The maximum Gasteiger partial charge on any atom is 0.573 e. The zero-order valence-corrected chi connectivity index (χ0v) is 18.6. The zero-order valence-electron chi connectivity index (χ0n) is 18.6. The molecule has 3 fully saturated rings. The van der Waals surface area contributed by atoms with Crippen LogP contribution in [0.25, 0.3) is 0 Å². The van der Waals surface area contributed by atoms with Crippen LogP contribution >= 0.6 is 0 Å². The number of hydrogen-bond donors (Lipinski definition) is 1. The Bertz CT molecular complexity index is 1030. The minimum Gasteiger partial charge on any atom is -0.406 e. The number of carbonyl (C=O) groups excluding carboxylic acids is 1. The predicted octanol–water partition coefficient (Wildman–Crippen LogP) is 3.37. The summed E-state index contributed by atoms with van der Waals surface area (Å²) >= 11 is 0. The van der Waals surface area contributed by atoms with Gasteiger partial charge in [0.15, 0.2) is 0 Å². The molecule has 1 aromatic heterocycles. The fourth-order valence-electron chi connectivity index (χ4n) is 4.25. The van der Waals surface area contributed by atoms with Crippen molar-refractivity contribution >= 4 is 11.9 Å². The Hall–Kier alpha value is -2.92. The van der Waals surface area contributed by atoms with Gasteiger partial charge in [-0.2, -0.15) is 0 Å². The largest absolute Gasteiger partial charge is 0.573 e. The smallest absolute Gasteiger partial charge is 0.406 e. The van der Waals surface area contributed by atoms with E-state index in [1.165, 1.54) is 24.5 Å². The van der Waals surface area contributed by atoms with E-state index in [1.54, 1.807) is 4.90 Å². The Morgan fingerprint density at radius 2 is 1.91 bits per heavy atom. The third-order valence-electron chi connectivity index (χ3n) is 6.27. The monoisotopic (exact) mass is 477 g/mol. The second-order valence-corrected chi connectivity index (χ2v) is 8.95. The van der Waals surface area contributed by atoms with E-state index >= 15 is 0 Å². The Morgan fingerprint density at radius 1 is 1.15 bits per heavy atom. The van der Waals surface area contributed by atoms with Gasteiger partial charge in [-0.25, -0.2) is 9.97 Å². The molecule has 1 saturated carbocycles. The molecule has 3 heterocycles. The minimum atomic E-state index is -4.74. The van der Waals surface area contributed by atoms with Gasteiger partial charge in [0.1, 0.15) is 5.75 Å². The fraction of sp³-hybridized carbons (Fsp3) is 0.522. The van der Waals surface area contributed by atoms with Crippen LogP contribution in [0.1, 0.15) is 46.7 Å². The average Bonchev–Trinajstić information content (AvgIpc) is 3.61. The van der Waals surface area contributed by atoms with Gasteiger partial charge in [-0.15, -0.1) is 13.2 Å². The average molecular weight is 477 g/mol. The molecule has 1 amide bonds. The van der Waals surface area contributed by atoms with E-state index in [2.05, 4.69) is 24.9 Å². The second kappa shape index (κ2) is 9.38. The van der Waals surface area contributed by atoms with Crippen LogP contribution < -0.4 is 10.1 Å². The summed E-state index contributed by atoms with van der Waals surface area (Å²) in [5, 5.41) is 3.01. The second-order valence-electron chi connectivity index (χ2n) is 8.95. The first-order valence-electron chi connectivity index (χ1n) is 11.4. The van der Waals surface area contributed by atoms with Crippen molar-refractivity contribution in [1.29, 1.82) is 0 Å². The van der Waals surface area contributed by atoms with E-state index in [-0.39, 0.29) is 24.1 Å². The highest BCUT2D eigenvalue weighted by Crippen LogP contribution is 2.42. The summed E-state index contributed by atoms with van der Waals surface area (Å²) in [6, 6.07) is 5.06. The van der Waals surface area contributed by atoms with E-state index in [0.717, 1.165) is 31.4 Å². The highest BCUT2D eigenvalue weighted by atomic mass is 19.4. The lowest BCUT2D eigenvalue weighted by Crippen LogP contribution is -2.57. The van der Waals surface area contributed by atoms with Crippen molar-refractivity contribution in [2.24, 2.45) is 0 Å². The number of nitrogens with zero attached hydrogens (tertiary/aromatic N) is 4. The molecular formula is C23H26F3N5O3. The lowest BCUT2D eigenvalue weighted by molar-refractivity contribution is -0.274. The quantitative estimate of drug-likeness (QED) is 0.655. The first kappa shape index (κ1) is 22.9. The number of ether oxygens (including phenoxy) is 2. The topological polar surface area (TPSA) is 79.8 Å². The number of anilines is 1. The SMILES string of the molecule is O=C(c1cnc(NCc2cc(OC(F)(F)F)cc(C3CC3)c2)nc1)N1CCCN(C2COC2)C1. The molecule has 8 nitrogen and oxygen atoms in total. The molecule has 2 aromatic rings. The van der Waals surface area contributed by atoms with Crippen LogP contribution in [0.2, 0.25) is 0 Å². The molecule has 0 atom stereocenters. The van der Waals surface area contributed by atoms with Crippen LogP contribution in [0.3, 0.4) is 0 Å². The Kier molecular flexibility index (Phi) is 6.30. The number of alkyl halides is 3. The molecule has 2 aliphatic heterocycles. The van der Waals surface area contributed by atoms with Gasteiger partial charge in [0.2, 0.25) is 5.95 Å². The number of rotatable bonds is 7. The maximum absolute atomic E-state index is 12.9. The van der Waals surface area contributed by atoms with Gasteiger partial charge in [0, 0.05) is 32.0 Å². The highest BCUT2D eigenvalue weighted by Gasteiger charge is 2.33. The predicted molar refractivity (Wildman–Crippen MR) is 116 cm³/mol. The molecule has 0 unspecified atom stereocenters. The van der Waals surface area contributed by atoms with Crippen molar-refractivity contribution in [3.63, 3.8) is 0 Å². The summed E-state index contributed by atoms with van der Waals surface area (Å²) < 4.78 is 47.5. The van der Waals surface area contributed by atoms with Gasteiger partial charge in [-0.1, -0.05) is 6.07 Å². The van der Waals surface area contributed by atoms with Crippen molar-refractivity contribution in [1.82, 2.24) is 19.8 Å². The fourth-order valence-corrected chi connectivity index (χ4v) is 4.25. The van der Waals surface area contributed by atoms with E-state index in [4.69, 9.17) is 4.74 Å². The number of aromatic nitrogens is 2. The van der Waals surface area contributed by atoms with E-state index in [1.807, 2.05) is 6.07 Å². The van der Waals surface area contributed by atoms with E-state index in [0.29, 0.717) is 49.5 Å². The molecule has 1 aromatic carbocycles. The molecule has 1 aliphatic carbocycles. The van der Waals surface area contributed by atoms with Crippen LogP contribution in [0.15, 0.2) is 30.6 Å². The van der Waals surface area contributed by atoms with Gasteiger partial charge >= 0.3 is 6.36 Å². The van der Waals surface area contributed by atoms with Crippen LogP contribution in [-0.4, -0.2) is 71.1 Å². The molecule has 0 radical (unpaired) electrons. The van der Waals surface area contributed by atoms with Crippen molar-refractivity contribution in [3.05, 3.63) is 47.3 Å². The summed E-state index contributed by atoms with van der Waals surface area (Å²) in [7, 11) is 0. The number of hydrogen-bond acceptors (Lipinski definition) is 7. The number of amides is 1. The normalized spacial score (nSPS) is 19.6. The van der Waals surface area contributed by atoms with Crippen LogP contribution in [0, 0.1) is 0 Å². The van der Waals surface area contributed by atoms with Gasteiger partial charge in [0.25, 0.3) is 5.91 Å². The minimum absolute atomic E-state index is 0.123. The maximum atomic E-state index is 12.9. The number of carbonyl (C=O) groups is 1. The highest BCUT2D eigenvalue weighted by molar-refractivity contribution is 5.93. The molecule has 5 rings (SSSR count). The Balaban J connectivity index is 1.20. The van der Waals surface area contributed by atoms with E-state index < -0.39 is 6.36 Å². The van der Waals surface area contributed by atoms with Crippen molar-refractivity contribution in [2.75, 3.05) is 38.3 Å². The molecule has 0 spiro atoms. The van der Waals surface area contributed by atoms with Gasteiger partial charge in [0.05, 0.1) is 31.5 Å². The molecule has 11 heteroatoms. The molecule has 1 N–H and O–H groups in total. The standard InChI is InChI=1S/C23H26F3N5O3/c24-23(25,26)34-20-7-15(6-17(8-20)16-2-3-16)9-27-22-28-10-18(11-29-22)21(32)31-5-1-4-30(14-31)19-12-33-13-19/h6-8,10-11,16,19H,1-5,9,12-14H2,(H,27,28,29). The van der Waals surface area contributed by atoms with Crippen molar-refractivity contribution in [3.8, 4) is 5.75 Å². The van der Waals surface area contributed by atoms with Crippen LogP contribution in [0.5, 0.6) is 5.75 Å². The van der Waals surface area contributed by atoms with E-state index in [9.17, 15) is 18.0 Å². The lowest BCUT2D eigenvalue weighted by Gasteiger charge is -2.43. The summed E-state index contributed by atoms with van der Waals surface area (Å²) in [6.07, 6.45) is 1.04. The molecule has 34 heavy (non-hydrogen) atoms. The van der Waals surface area contributed by atoms with Crippen LogP contribution in [0.4, 0.5) is 19.1 Å². The summed E-state index contributed by atoms with van der Waals surface area (Å²) in [5.41, 5.74) is 1.87. The Morgan fingerprint density at radius 3 is 2.56 bits per heavy atom. The first-order chi connectivity index (χ1) is 16.3. The first-order valence-corrected chi connectivity index (χ1v) is 11.4. The zero-order chi connectivity index (χ0) is 23.7.